The molecule has 0 saturated carbocycles. The average molecular weight is 242 g/mol. The molecule has 0 aromatic rings. The number of hydrogen-bond donors (Lipinski definition) is 0. The molecule has 1 saturated heterocycles. The Balaban J connectivity index is 0.000000487. The minimum atomic E-state index is -3.67. The molecule has 5 heteroatoms. The van der Waals surface area contributed by atoms with Crippen LogP contribution in [0.15, 0.2) is 0 Å². The predicted octanol–water partition coefficient (Wildman–Crippen LogP) is 3.18. The summed E-state index contributed by atoms with van der Waals surface area (Å²) >= 11 is 0. The number of rotatable bonds is 4. The van der Waals surface area contributed by atoms with E-state index in [1.165, 1.54) is 30.4 Å². The highest BCUT2D eigenvalue weighted by Gasteiger charge is 2.34. The van der Waals surface area contributed by atoms with Gasteiger partial charge < -0.3 is 4.74 Å². The van der Waals surface area contributed by atoms with Gasteiger partial charge in [-0.3, -0.25) is 4.48 Å². The van der Waals surface area contributed by atoms with E-state index in [1.807, 2.05) is 0 Å². The number of ether oxygens (including phenoxy) is 1. The zero-order valence-corrected chi connectivity index (χ0v) is 10.4. The molecule has 0 spiro atoms. The highest BCUT2D eigenvalue weighted by Crippen LogP contribution is 2.23. The van der Waals surface area contributed by atoms with Crippen molar-refractivity contribution in [3.05, 3.63) is 0 Å². The van der Waals surface area contributed by atoms with Crippen molar-refractivity contribution in [2.45, 2.75) is 46.3 Å². The van der Waals surface area contributed by atoms with Crippen LogP contribution in [0.4, 0.5) is 13.2 Å². The summed E-state index contributed by atoms with van der Waals surface area (Å²) in [5, 5.41) is 0. The number of likely N-dealkylation sites (tertiary alicyclic amines) is 1. The normalized spacial score (nSPS) is 18.8. The molecular formula is C11H23F3NO+. The monoisotopic (exact) mass is 242 g/mol. The summed E-state index contributed by atoms with van der Waals surface area (Å²) in [6.45, 7) is 7.44. The molecular weight excluding hydrogens is 219 g/mol. The Kier molecular flexibility index (Phi) is 7.76. The lowest BCUT2D eigenvalue weighted by Crippen LogP contribution is -2.52. The van der Waals surface area contributed by atoms with Crippen LogP contribution in [0.2, 0.25) is 0 Å². The lowest BCUT2D eigenvalue weighted by molar-refractivity contribution is -0.954. The van der Waals surface area contributed by atoms with Gasteiger partial charge in [-0.25, -0.2) is 0 Å². The van der Waals surface area contributed by atoms with Gasteiger partial charge in [-0.2, -0.15) is 13.2 Å². The van der Waals surface area contributed by atoms with Crippen molar-refractivity contribution < 1.29 is 22.4 Å². The van der Waals surface area contributed by atoms with Crippen LogP contribution in [0.1, 0.15) is 33.6 Å². The molecule has 1 heterocycles. The van der Waals surface area contributed by atoms with E-state index < -0.39 is 6.68 Å². The summed E-state index contributed by atoms with van der Waals surface area (Å²) in [4.78, 5) is 0. The van der Waals surface area contributed by atoms with E-state index in [0.717, 1.165) is 19.4 Å². The molecule has 2 nitrogen and oxygen atoms in total. The number of halogens is 3. The summed E-state index contributed by atoms with van der Waals surface area (Å²) in [7, 11) is 0. The van der Waals surface area contributed by atoms with Gasteiger partial charge in [0.2, 0.25) is 0 Å². The summed E-state index contributed by atoms with van der Waals surface area (Å²) in [5.41, 5.74) is 0. The molecule has 0 atom stereocenters. The lowest BCUT2D eigenvalue weighted by atomic mass is 10.3. The first-order valence-electron chi connectivity index (χ1n) is 5.80. The fourth-order valence-electron chi connectivity index (χ4n) is 2.03. The SMILES string of the molecule is CCOC[N+]1(C(C)C)CCCC1.FC(F)F. The number of quaternary nitrogens is 1. The van der Waals surface area contributed by atoms with Gasteiger partial charge in [-0.15, -0.1) is 0 Å². The predicted molar refractivity (Wildman–Crippen MR) is 58.0 cm³/mol. The van der Waals surface area contributed by atoms with Crippen LogP contribution in [0.25, 0.3) is 0 Å². The fraction of sp³-hybridized carbons (Fsp3) is 1.00. The minimum absolute atomic E-state index is 0.721. The van der Waals surface area contributed by atoms with Crippen molar-refractivity contribution in [3.8, 4) is 0 Å². The molecule has 0 radical (unpaired) electrons. The smallest absolute Gasteiger partial charge is 0.332 e. The Morgan fingerprint density at radius 2 is 1.56 bits per heavy atom. The van der Waals surface area contributed by atoms with E-state index in [2.05, 4.69) is 20.8 Å². The van der Waals surface area contributed by atoms with Gasteiger partial charge >= 0.3 is 6.68 Å². The van der Waals surface area contributed by atoms with Crippen LogP contribution >= 0.6 is 0 Å². The average Bonchev–Trinajstić information content (AvgIpc) is 2.63. The molecule has 0 aliphatic carbocycles. The Morgan fingerprint density at radius 1 is 1.12 bits per heavy atom. The van der Waals surface area contributed by atoms with Crippen LogP contribution < -0.4 is 0 Å². The topological polar surface area (TPSA) is 9.23 Å². The van der Waals surface area contributed by atoms with E-state index in [0.29, 0.717) is 0 Å². The maximum atomic E-state index is 9.67. The van der Waals surface area contributed by atoms with E-state index in [-0.39, 0.29) is 0 Å². The molecule has 1 fully saturated rings. The van der Waals surface area contributed by atoms with E-state index in [9.17, 15) is 13.2 Å². The van der Waals surface area contributed by atoms with Crippen molar-refractivity contribution in [2.75, 3.05) is 26.4 Å². The second kappa shape index (κ2) is 7.90. The molecule has 98 valence electrons. The third-order valence-corrected chi connectivity index (χ3v) is 3.10. The van der Waals surface area contributed by atoms with Crippen LogP contribution in [0.5, 0.6) is 0 Å². The second-order valence-corrected chi connectivity index (χ2v) is 4.34. The van der Waals surface area contributed by atoms with E-state index in [1.54, 1.807) is 0 Å². The Hall–Kier alpha value is -0.290. The maximum Gasteiger partial charge on any atom is 0.379 e. The summed E-state index contributed by atoms with van der Waals surface area (Å²) < 4.78 is 35.7. The van der Waals surface area contributed by atoms with Gasteiger partial charge in [-0.05, 0) is 20.8 Å². The van der Waals surface area contributed by atoms with Gasteiger partial charge in [0.15, 0.2) is 6.73 Å². The van der Waals surface area contributed by atoms with Crippen molar-refractivity contribution >= 4 is 0 Å². The zero-order valence-electron chi connectivity index (χ0n) is 10.4. The quantitative estimate of drug-likeness (QED) is 0.688. The number of nitrogens with zero attached hydrogens (tertiary/aromatic N) is 1. The molecule has 0 aromatic heterocycles. The number of alkyl halides is 3. The molecule has 0 N–H and O–H groups in total. The van der Waals surface area contributed by atoms with Crippen molar-refractivity contribution in [1.29, 1.82) is 0 Å². The summed E-state index contributed by atoms with van der Waals surface area (Å²) in [5.74, 6) is 0. The highest BCUT2D eigenvalue weighted by molar-refractivity contribution is 4.55. The van der Waals surface area contributed by atoms with Gasteiger partial charge in [0.1, 0.15) is 0 Å². The van der Waals surface area contributed by atoms with Crippen molar-refractivity contribution in [3.63, 3.8) is 0 Å². The highest BCUT2D eigenvalue weighted by atomic mass is 19.4. The first-order chi connectivity index (χ1) is 7.44. The van der Waals surface area contributed by atoms with Gasteiger partial charge in [0.05, 0.1) is 19.1 Å². The van der Waals surface area contributed by atoms with Gasteiger partial charge in [0, 0.05) is 19.4 Å². The molecule has 0 aromatic carbocycles. The van der Waals surface area contributed by atoms with Crippen molar-refractivity contribution in [1.82, 2.24) is 0 Å². The third kappa shape index (κ3) is 5.70. The molecule has 0 bridgehead atoms. The van der Waals surface area contributed by atoms with Crippen LogP contribution in [-0.2, 0) is 4.74 Å². The molecule has 1 aliphatic rings. The van der Waals surface area contributed by atoms with Gasteiger partial charge in [-0.1, -0.05) is 0 Å². The fourth-order valence-corrected chi connectivity index (χ4v) is 2.03. The van der Waals surface area contributed by atoms with E-state index >= 15 is 0 Å². The summed E-state index contributed by atoms with van der Waals surface area (Å²) in [6, 6.07) is 0.721. The van der Waals surface area contributed by atoms with Crippen LogP contribution in [-0.4, -0.2) is 43.6 Å². The third-order valence-electron chi connectivity index (χ3n) is 3.10. The van der Waals surface area contributed by atoms with Crippen LogP contribution in [0.3, 0.4) is 0 Å². The molecule has 1 rings (SSSR count). The van der Waals surface area contributed by atoms with Crippen molar-refractivity contribution in [2.24, 2.45) is 0 Å². The second-order valence-electron chi connectivity index (χ2n) is 4.34. The Labute approximate surface area is 96.0 Å². The molecule has 16 heavy (non-hydrogen) atoms. The molecule has 1 aliphatic heterocycles. The Morgan fingerprint density at radius 3 is 1.88 bits per heavy atom. The van der Waals surface area contributed by atoms with Crippen LogP contribution in [0, 0.1) is 0 Å². The maximum absolute atomic E-state index is 9.67. The number of hydrogen-bond acceptors (Lipinski definition) is 1. The molecule has 0 unspecified atom stereocenters. The van der Waals surface area contributed by atoms with E-state index in [4.69, 9.17) is 4.74 Å². The summed E-state index contributed by atoms with van der Waals surface area (Å²) in [6.07, 6.45) is 2.76. The molecule has 0 amide bonds. The lowest BCUT2D eigenvalue weighted by Gasteiger charge is -2.37. The Bertz CT molecular complexity index is 168. The standard InChI is InChI=1S/C10H22NO.CHF3/c1-4-12-9-11(10(2)3)7-5-6-8-11;2-1(3)4/h10H,4-9H2,1-3H3;1H/q+1;. The first kappa shape index (κ1) is 15.7. The first-order valence-corrected chi connectivity index (χ1v) is 5.80. The zero-order chi connectivity index (χ0) is 12.6. The van der Waals surface area contributed by atoms with Gasteiger partial charge in [0.25, 0.3) is 0 Å². The largest absolute Gasteiger partial charge is 0.379 e. The minimum Gasteiger partial charge on any atom is -0.332 e.